The predicted molar refractivity (Wildman–Crippen MR) is 76.4 cm³/mol. The molecule has 102 valence electrons. The Hall–Kier alpha value is -2.35. The molecule has 3 aromatic rings. The minimum absolute atomic E-state index is 0.0858. The molecular formula is C12H13N7S. The van der Waals surface area contributed by atoms with Crippen LogP contribution < -0.4 is 5.73 Å². The number of H-pyrrole nitrogens is 1. The van der Waals surface area contributed by atoms with Crippen molar-refractivity contribution in [3.8, 4) is 5.69 Å². The standard InChI is InChI=1S/C12H13N7S/c1-8(20-12-14-11(13)16-17-12)10-7-19(18-15-10)9-5-3-2-4-6-9/h2-8H,1H3,(H3,13,14,16,17)/t8-/m1/s1. The Morgan fingerprint density at radius 3 is 2.80 bits per heavy atom. The third-order valence-electron chi connectivity index (χ3n) is 2.71. The Labute approximate surface area is 119 Å². The van der Waals surface area contributed by atoms with Crippen molar-refractivity contribution >= 4 is 17.7 Å². The summed E-state index contributed by atoms with van der Waals surface area (Å²) in [5, 5.41) is 15.6. The van der Waals surface area contributed by atoms with E-state index in [0.29, 0.717) is 11.1 Å². The SMILES string of the molecule is C[C@@H](Sc1n[nH]c(N)n1)c1cn(-c2ccccc2)nn1. The zero-order valence-electron chi connectivity index (χ0n) is 10.8. The molecule has 8 heteroatoms. The van der Waals surface area contributed by atoms with E-state index in [1.165, 1.54) is 11.8 Å². The second-order valence-corrected chi connectivity index (χ2v) is 5.49. The average molecular weight is 287 g/mol. The molecule has 1 aromatic carbocycles. The van der Waals surface area contributed by atoms with Gasteiger partial charge in [-0.2, -0.15) is 4.98 Å². The molecule has 7 nitrogen and oxygen atoms in total. The number of thioether (sulfide) groups is 1. The highest BCUT2D eigenvalue weighted by Gasteiger charge is 2.14. The largest absolute Gasteiger partial charge is 0.368 e. The number of rotatable bonds is 4. The van der Waals surface area contributed by atoms with Crippen LogP contribution in [0.25, 0.3) is 5.69 Å². The van der Waals surface area contributed by atoms with Gasteiger partial charge in [0.05, 0.1) is 22.8 Å². The van der Waals surface area contributed by atoms with Crippen LogP contribution >= 0.6 is 11.8 Å². The molecule has 2 heterocycles. The van der Waals surface area contributed by atoms with Gasteiger partial charge in [0.25, 0.3) is 0 Å². The lowest BCUT2D eigenvalue weighted by Crippen LogP contribution is -1.93. The highest BCUT2D eigenvalue weighted by Crippen LogP contribution is 2.31. The summed E-state index contributed by atoms with van der Waals surface area (Å²) < 4.78 is 1.75. The van der Waals surface area contributed by atoms with Crippen LogP contribution in [0, 0.1) is 0 Å². The molecule has 0 unspecified atom stereocenters. The van der Waals surface area contributed by atoms with Crippen molar-refractivity contribution in [1.82, 2.24) is 30.2 Å². The van der Waals surface area contributed by atoms with Crippen molar-refractivity contribution < 1.29 is 0 Å². The maximum Gasteiger partial charge on any atom is 0.216 e. The lowest BCUT2D eigenvalue weighted by molar-refractivity contribution is 0.797. The van der Waals surface area contributed by atoms with Crippen LogP contribution in [0.4, 0.5) is 5.95 Å². The summed E-state index contributed by atoms with van der Waals surface area (Å²) in [5.41, 5.74) is 7.34. The molecule has 0 bridgehead atoms. The van der Waals surface area contributed by atoms with E-state index in [0.717, 1.165) is 11.4 Å². The number of para-hydroxylation sites is 1. The fraction of sp³-hybridized carbons (Fsp3) is 0.167. The summed E-state index contributed by atoms with van der Waals surface area (Å²) in [7, 11) is 0. The molecule has 0 fully saturated rings. The first-order valence-electron chi connectivity index (χ1n) is 6.04. The third-order valence-corrected chi connectivity index (χ3v) is 3.70. The third kappa shape index (κ3) is 2.64. The Bertz CT molecular complexity index is 691. The van der Waals surface area contributed by atoms with Gasteiger partial charge in [0.1, 0.15) is 0 Å². The smallest absolute Gasteiger partial charge is 0.216 e. The number of nitrogens with two attached hydrogens (primary N) is 1. The number of nitrogens with zero attached hydrogens (tertiary/aromatic N) is 5. The van der Waals surface area contributed by atoms with Gasteiger partial charge in [0.15, 0.2) is 0 Å². The zero-order chi connectivity index (χ0) is 13.9. The lowest BCUT2D eigenvalue weighted by atomic mass is 10.3. The minimum Gasteiger partial charge on any atom is -0.368 e. The van der Waals surface area contributed by atoms with Crippen LogP contribution in [0.3, 0.4) is 0 Å². The molecule has 0 spiro atoms. The first-order chi connectivity index (χ1) is 9.72. The van der Waals surface area contributed by atoms with Crippen molar-refractivity contribution in [2.24, 2.45) is 0 Å². The van der Waals surface area contributed by atoms with Crippen LogP contribution in [-0.4, -0.2) is 30.2 Å². The fourth-order valence-corrected chi connectivity index (χ4v) is 2.49. The number of benzene rings is 1. The summed E-state index contributed by atoms with van der Waals surface area (Å²) in [6, 6.07) is 9.85. The molecule has 0 saturated heterocycles. The summed E-state index contributed by atoms with van der Waals surface area (Å²) in [6.45, 7) is 2.02. The second kappa shape index (κ2) is 5.33. The number of aromatic nitrogens is 6. The van der Waals surface area contributed by atoms with Gasteiger partial charge in [0.2, 0.25) is 11.1 Å². The molecular weight excluding hydrogens is 274 g/mol. The highest BCUT2D eigenvalue weighted by atomic mass is 32.2. The fourth-order valence-electron chi connectivity index (χ4n) is 1.70. The molecule has 2 aromatic heterocycles. The molecule has 3 rings (SSSR count). The van der Waals surface area contributed by atoms with E-state index in [4.69, 9.17) is 5.73 Å². The first kappa shape index (κ1) is 12.7. The van der Waals surface area contributed by atoms with E-state index in [2.05, 4.69) is 25.5 Å². The Morgan fingerprint density at radius 1 is 1.30 bits per heavy atom. The molecule has 20 heavy (non-hydrogen) atoms. The van der Waals surface area contributed by atoms with Crippen LogP contribution in [0.1, 0.15) is 17.9 Å². The molecule has 1 atom stereocenters. The van der Waals surface area contributed by atoms with Gasteiger partial charge in [-0.15, -0.1) is 10.2 Å². The summed E-state index contributed by atoms with van der Waals surface area (Å²) in [5.74, 6) is 0.313. The van der Waals surface area contributed by atoms with E-state index in [1.54, 1.807) is 4.68 Å². The number of nitrogens with one attached hydrogen (secondary N) is 1. The van der Waals surface area contributed by atoms with Crippen LogP contribution in [0.15, 0.2) is 41.7 Å². The van der Waals surface area contributed by atoms with Crippen molar-refractivity contribution in [1.29, 1.82) is 0 Å². The monoisotopic (exact) mass is 287 g/mol. The summed E-state index contributed by atoms with van der Waals surface area (Å²) in [4.78, 5) is 4.06. The number of nitrogen functional groups attached to an aromatic ring is 1. The van der Waals surface area contributed by atoms with Crippen LogP contribution in [-0.2, 0) is 0 Å². The molecule has 0 aliphatic rings. The maximum atomic E-state index is 5.50. The topological polar surface area (TPSA) is 98.3 Å². The van der Waals surface area contributed by atoms with E-state index >= 15 is 0 Å². The van der Waals surface area contributed by atoms with Gasteiger partial charge in [0, 0.05) is 0 Å². The number of aromatic amines is 1. The minimum atomic E-state index is 0.0858. The first-order valence-corrected chi connectivity index (χ1v) is 6.92. The lowest BCUT2D eigenvalue weighted by Gasteiger charge is -2.03. The number of hydrogen-bond donors (Lipinski definition) is 2. The number of hydrogen-bond acceptors (Lipinski definition) is 6. The van der Waals surface area contributed by atoms with Gasteiger partial charge in [-0.3, -0.25) is 0 Å². The van der Waals surface area contributed by atoms with Gasteiger partial charge in [-0.05, 0) is 19.1 Å². The second-order valence-electron chi connectivity index (χ2n) is 4.19. The zero-order valence-corrected chi connectivity index (χ0v) is 11.6. The van der Waals surface area contributed by atoms with Crippen molar-refractivity contribution in [2.45, 2.75) is 17.3 Å². The number of anilines is 1. The van der Waals surface area contributed by atoms with Crippen molar-refractivity contribution in [3.05, 3.63) is 42.2 Å². The molecule has 0 aliphatic heterocycles. The average Bonchev–Trinajstić information content (AvgIpc) is 3.09. The van der Waals surface area contributed by atoms with Gasteiger partial charge in [-0.25, -0.2) is 9.78 Å². The van der Waals surface area contributed by atoms with Gasteiger partial charge >= 0.3 is 0 Å². The van der Waals surface area contributed by atoms with E-state index in [-0.39, 0.29) is 5.25 Å². The maximum absolute atomic E-state index is 5.50. The van der Waals surface area contributed by atoms with Gasteiger partial charge in [-0.1, -0.05) is 35.2 Å². The van der Waals surface area contributed by atoms with Crippen molar-refractivity contribution in [3.63, 3.8) is 0 Å². The molecule has 0 amide bonds. The van der Waals surface area contributed by atoms with Gasteiger partial charge < -0.3 is 5.73 Å². The van der Waals surface area contributed by atoms with Crippen molar-refractivity contribution in [2.75, 3.05) is 5.73 Å². The van der Waals surface area contributed by atoms with Crippen LogP contribution in [0.2, 0.25) is 0 Å². The molecule has 3 N–H and O–H groups in total. The highest BCUT2D eigenvalue weighted by molar-refractivity contribution is 7.99. The van der Waals surface area contributed by atoms with E-state index in [9.17, 15) is 0 Å². The summed E-state index contributed by atoms with van der Waals surface area (Å²) >= 11 is 1.48. The Balaban J connectivity index is 1.76. The van der Waals surface area contributed by atoms with E-state index < -0.39 is 0 Å². The Kier molecular flexibility index (Phi) is 3.38. The Morgan fingerprint density at radius 2 is 2.10 bits per heavy atom. The summed E-state index contributed by atoms with van der Waals surface area (Å²) in [6.07, 6.45) is 1.91. The van der Waals surface area contributed by atoms with Crippen LogP contribution in [0.5, 0.6) is 0 Å². The quantitative estimate of drug-likeness (QED) is 0.710. The molecule has 0 saturated carbocycles. The molecule has 0 aliphatic carbocycles. The predicted octanol–water partition coefficient (Wildman–Crippen LogP) is 1.82. The van der Waals surface area contributed by atoms with E-state index in [1.807, 2.05) is 43.5 Å². The molecule has 0 radical (unpaired) electrons. The normalized spacial score (nSPS) is 12.4.